The number of aromatic hydroxyl groups is 1. The molecule has 1 aromatic carbocycles. The molecule has 0 saturated carbocycles. The number of phenols is 1. The molecule has 0 bridgehead atoms. The Morgan fingerprint density at radius 1 is 1.31 bits per heavy atom. The lowest BCUT2D eigenvalue weighted by Crippen LogP contribution is -2.00. The summed E-state index contributed by atoms with van der Waals surface area (Å²) in [6.45, 7) is 0.350. The molecule has 66 valence electrons. The van der Waals surface area contributed by atoms with Gasteiger partial charge in [-0.3, -0.25) is 0 Å². The molecule has 3 N–H and O–H groups in total. The number of fused-ring (bicyclic) bond motifs is 1. The van der Waals surface area contributed by atoms with E-state index in [1.807, 2.05) is 0 Å². The molecule has 0 aliphatic heterocycles. The molecule has 0 saturated heterocycles. The number of phenolic OH excluding ortho intramolecular Hbond substituents is 1. The Balaban J connectivity index is 2.79. The lowest BCUT2D eigenvalue weighted by Gasteiger charge is -2.01. The van der Waals surface area contributed by atoms with Gasteiger partial charge in [-0.2, -0.15) is 0 Å². The molecule has 1 aromatic heterocycles. The van der Waals surface area contributed by atoms with Crippen LogP contribution in [0.5, 0.6) is 5.75 Å². The van der Waals surface area contributed by atoms with E-state index in [0.29, 0.717) is 6.54 Å². The third-order valence-electron chi connectivity index (χ3n) is 1.89. The Morgan fingerprint density at radius 3 is 2.92 bits per heavy atom. The van der Waals surface area contributed by atoms with E-state index in [2.05, 4.69) is 9.97 Å². The van der Waals surface area contributed by atoms with Gasteiger partial charge in [0.1, 0.15) is 12.1 Å². The van der Waals surface area contributed by atoms with Gasteiger partial charge in [0, 0.05) is 11.9 Å². The normalized spacial score (nSPS) is 10.5. The maximum Gasteiger partial charge on any atom is 0.116 e. The predicted molar refractivity (Wildman–Crippen MR) is 49.1 cm³/mol. The van der Waals surface area contributed by atoms with Crippen molar-refractivity contribution in [1.82, 2.24) is 9.97 Å². The minimum absolute atomic E-state index is 0.206. The van der Waals surface area contributed by atoms with Crippen molar-refractivity contribution >= 4 is 10.9 Å². The van der Waals surface area contributed by atoms with Crippen LogP contribution in [0.25, 0.3) is 10.9 Å². The van der Waals surface area contributed by atoms with Crippen LogP contribution in [0, 0.1) is 0 Å². The molecular formula is C9H9N3O. The largest absolute Gasteiger partial charge is 0.508 e. The first-order valence-electron chi connectivity index (χ1n) is 3.94. The summed E-state index contributed by atoms with van der Waals surface area (Å²) in [6.07, 6.45) is 1.47. The topological polar surface area (TPSA) is 72.0 Å². The van der Waals surface area contributed by atoms with Crippen LogP contribution in [-0.4, -0.2) is 15.1 Å². The van der Waals surface area contributed by atoms with Gasteiger partial charge >= 0.3 is 0 Å². The molecule has 4 nitrogen and oxygen atoms in total. The molecule has 0 radical (unpaired) electrons. The molecule has 0 spiro atoms. The highest BCUT2D eigenvalue weighted by Gasteiger charge is 2.01. The second kappa shape index (κ2) is 2.99. The summed E-state index contributed by atoms with van der Waals surface area (Å²) in [4.78, 5) is 8.07. The average molecular weight is 175 g/mol. The van der Waals surface area contributed by atoms with Crippen LogP contribution in [0.4, 0.5) is 0 Å². The molecule has 0 aliphatic carbocycles. The van der Waals surface area contributed by atoms with Crippen molar-refractivity contribution in [2.75, 3.05) is 0 Å². The monoisotopic (exact) mass is 175 g/mol. The van der Waals surface area contributed by atoms with Gasteiger partial charge in [0.25, 0.3) is 0 Å². The van der Waals surface area contributed by atoms with E-state index < -0.39 is 0 Å². The Bertz CT molecular complexity index is 442. The fourth-order valence-electron chi connectivity index (χ4n) is 1.26. The molecule has 1 heterocycles. The molecular weight excluding hydrogens is 166 g/mol. The summed E-state index contributed by atoms with van der Waals surface area (Å²) in [5, 5.41) is 10.1. The standard InChI is InChI=1S/C9H9N3O/c10-4-9-7-3-6(13)1-2-8(7)11-5-12-9/h1-3,5,13H,4,10H2. The Hall–Kier alpha value is -1.68. The molecule has 2 aromatic rings. The van der Waals surface area contributed by atoms with E-state index in [0.717, 1.165) is 16.6 Å². The van der Waals surface area contributed by atoms with Gasteiger partial charge in [0.05, 0.1) is 11.2 Å². The molecule has 4 heteroatoms. The predicted octanol–water partition coefficient (Wildman–Crippen LogP) is 0.794. The molecule has 0 fully saturated rings. The van der Waals surface area contributed by atoms with E-state index in [9.17, 15) is 5.11 Å². The lowest BCUT2D eigenvalue weighted by atomic mass is 10.2. The number of hydrogen-bond acceptors (Lipinski definition) is 4. The molecule has 0 atom stereocenters. The second-order valence-corrected chi connectivity index (χ2v) is 2.73. The van der Waals surface area contributed by atoms with E-state index >= 15 is 0 Å². The van der Waals surface area contributed by atoms with Crippen molar-refractivity contribution in [2.24, 2.45) is 5.73 Å². The van der Waals surface area contributed by atoms with Crippen molar-refractivity contribution in [1.29, 1.82) is 0 Å². The van der Waals surface area contributed by atoms with Gasteiger partial charge in [-0.05, 0) is 18.2 Å². The third-order valence-corrected chi connectivity index (χ3v) is 1.89. The fraction of sp³-hybridized carbons (Fsp3) is 0.111. The lowest BCUT2D eigenvalue weighted by molar-refractivity contribution is 0.476. The van der Waals surface area contributed by atoms with Crippen molar-refractivity contribution in [3.8, 4) is 5.75 Å². The first-order valence-corrected chi connectivity index (χ1v) is 3.94. The summed E-state index contributed by atoms with van der Waals surface area (Å²) in [6, 6.07) is 4.96. The summed E-state index contributed by atoms with van der Waals surface area (Å²) >= 11 is 0. The fourth-order valence-corrected chi connectivity index (χ4v) is 1.26. The van der Waals surface area contributed by atoms with Crippen molar-refractivity contribution < 1.29 is 5.11 Å². The maximum atomic E-state index is 9.25. The molecule has 0 aliphatic rings. The quantitative estimate of drug-likeness (QED) is 0.672. The van der Waals surface area contributed by atoms with E-state index in [4.69, 9.17) is 5.73 Å². The maximum absolute atomic E-state index is 9.25. The van der Waals surface area contributed by atoms with Crippen LogP contribution < -0.4 is 5.73 Å². The Kier molecular flexibility index (Phi) is 1.83. The van der Waals surface area contributed by atoms with E-state index in [1.165, 1.54) is 6.33 Å². The smallest absolute Gasteiger partial charge is 0.116 e. The minimum Gasteiger partial charge on any atom is -0.508 e. The van der Waals surface area contributed by atoms with Crippen LogP contribution in [0.15, 0.2) is 24.5 Å². The van der Waals surface area contributed by atoms with Gasteiger partial charge in [-0.1, -0.05) is 0 Å². The molecule has 13 heavy (non-hydrogen) atoms. The van der Waals surface area contributed by atoms with Crippen molar-refractivity contribution in [3.63, 3.8) is 0 Å². The minimum atomic E-state index is 0.206. The highest BCUT2D eigenvalue weighted by molar-refractivity contribution is 5.82. The van der Waals surface area contributed by atoms with Crippen molar-refractivity contribution in [3.05, 3.63) is 30.2 Å². The van der Waals surface area contributed by atoms with Gasteiger partial charge in [0.15, 0.2) is 0 Å². The Morgan fingerprint density at radius 2 is 2.15 bits per heavy atom. The number of aromatic nitrogens is 2. The van der Waals surface area contributed by atoms with E-state index in [1.54, 1.807) is 18.2 Å². The molecule has 2 rings (SSSR count). The van der Waals surface area contributed by atoms with Crippen LogP contribution >= 0.6 is 0 Å². The van der Waals surface area contributed by atoms with Gasteiger partial charge in [-0.15, -0.1) is 0 Å². The second-order valence-electron chi connectivity index (χ2n) is 2.73. The first kappa shape index (κ1) is 7.94. The molecule has 0 unspecified atom stereocenters. The highest BCUT2D eigenvalue weighted by Crippen LogP contribution is 2.19. The number of rotatable bonds is 1. The van der Waals surface area contributed by atoms with E-state index in [-0.39, 0.29) is 5.75 Å². The van der Waals surface area contributed by atoms with Gasteiger partial charge in [-0.25, -0.2) is 9.97 Å². The Labute approximate surface area is 75.1 Å². The number of hydrogen-bond donors (Lipinski definition) is 2. The van der Waals surface area contributed by atoms with Crippen LogP contribution in [-0.2, 0) is 6.54 Å². The summed E-state index contributed by atoms with van der Waals surface area (Å²) in [5.41, 5.74) is 7.04. The summed E-state index contributed by atoms with van der Waals surface area (Å²) < 4.78 is 0. The van der Waals surface area contributed by atoms with Gasteiger partial charge in [0.2, 0.25) is 0 Å². The zero-order chi connectivity index (χ0) is 9.26. The van der Waals surface area contributed by atoms with Crippen molar-refractivity contribution in [2.45, 2.75) is 6.54 Å². The van der Waals surface area contributed by atoms with Crippen LogP contribution in [0.1, 0.15) is 5.69 Å². The number of nitrogens with two attached hydrogens (primary N) is 1. The average Bonchev–Trinajstić information content (AvgIpc) is 2.17. The zero-order valence-electron chi connectivity index (χ0n) is 6.94. The summed E-state index contributed by atoms with van der Waals surface area (Å²) in [5.74, 6) is 0.206. The SMILES string of the molecule is NCc1ncnc2ccc(O)cc12. The number of benzene rings is 1. The highest BCUT2D eigenvalue weighted by atomic mass is 16.3. The van der Waals surface area contributed by atoms with Crippen LogP contribution in [0.2, 0.25) is 0 Å². The van der Waals surface area contributed by atoms with Gasteiger partial charge < -0.3 is 10.8 Å². The third kappa shape index (κ3) is 1.31. The summed E-state index contributed by atoms with van der Waals surface area (Å²) in [7, 11) is 0. The first-order chi connectivity index (χ1) is 6.31. The number of nitrogens with zero attached hydrogens (tertiary/aromatic N) is 2. The van der Waals surface area contributed by atoms with Crippen LogP contribution in [0.3, 0.4) is 0 Å². The zero-order valence-corrected chi connectivity index (χ0v) is 6.94. The molecule has 0 amide bonds.